The molecular weight excluding hydrogens is 216 g/mol. The molecule has 0 amide bonds. The van der Waals surface area contributed by atoms with Crippen molar-refractivity contribution in [2.24, 2.45) is 5.10 Å². The molecule has 0 bridgehead atoms. The highest BCUT2D eigenvalue weighted by Crippen LogP contribution is 2.04. The van der Waals surface area contributed by atoms with Gasteiger partial charge in [-0.2, -0.15) is 5.10 Å². The Morgan fingerprint density at radius 2 is 2.18 bits per heavy atom. The number of anilines is 1. The molecule has 1 aromatic carbocycles. The molecule has 0 aliphatic carbocycles. The first-order chi connectivity index (χ1) is 8.18. The zero-order valence-corrected chi connectivity index (χ0v) is 10.2. The Balaban J connectivity index is 2.16. The van der Waals surface area contributed by atoms with E-state index in [9.17, 15) is 4.79 Å². The first-order valence-electron chi connectivity index (χ1n) is 5.68. The average Bonchev–Trinajstić information content (AvgIpc) is 2.29. The van der Waals surface area contributed by atoms with Gasteiger partial charge in [0, 0.05) is 13.1 Å². The van der Waals surface area contributed by atoms with Crippen LogP contribution in [-0.4, -0.2) is 18.3 Å². The van der Waals surface area contributed by atoms with Gasteiger partial charge in [-0.25, -0.2) is 0 Å². The molecule has 0 spiro atoms. The number of esters is 1. The Labute approximate surface area is 102 Å². The van der Waals surface area contributed by atoms with Crippen LogP contribution in [-0.2, 0) is 9.53 Å². The van der Waals surface area contributed by atoms with Crippen LogP contribution in [0, 0.1) is 0 Å². The van der Waals surface area contributed by atoms with Crippen LogP contribution in [0.4, 0.5) is 5.69 Å². The lowest BCUT2D eigenvalue weighted by Gasteiger charge is -2.09. The summed E-state index contributed by atoms with van der Waals surface area (Å²) in [7, 11) is 0. The van der Waals surface area contributed by atoms with Gasteiger partial charge in [0.05, 0.1) is 11.8 Å². The lowest BCUT2D eigenvalue weighted by molar-refractivity contribution is -0.145. The van der Waals surface area contributed by atoms with E-state index in [0.717, 1.165) is 18.5 Å². The van der Waals surface area contributed by atoms with Gasteiger partial charge in [0.25, 0.3) is 0 Å². The zero-order chi connectivity index (χ0) is 12.5. The van der Waals surface area contributed by atoms with Crippen LogP contribution in [0.2, 0.25) is 0 Å². The maximum absolute atomic E-state index is 10.7. The molecule has 1 atom stereocenters. The molecule has 4 nitrogen and oxygen atoms in total. The van der Waals surface area contributed by atoms with E-state index >= 15 is 0 Å². The molecule has 0 radical (unpaired) electrons. The summed E-state index contributed by atoms with van der Waals surface area (Å²) in [6, 6.07) is 9.73. The fraction of sp³-hybridized carbons (Fsp3) is 0.385. The van der Waals surface area contributed by atoms with Crippen LogP contribution in [0.5, 0.6) is 0 Å². The van der Waals surface area contributed by atoms with Gasteiger partial charge in [-0.05, 0) is 31.9 Å². The van der Waals surface area contributed by atoms with Crippen molar-refractivity contribution in [1.29, 1.82) is 0 Å². The van der Waals surface area contributed by atoms with E-state index in [1.807, 2.05) is 37.3 Å². The van der Waals surface area contributed by atoms with Crippen molar-refractivity contribution >= 4 is 17.9 Å². The summed E-state index contributed by atoms with van der Waals surface area (Å²) < 4.78 is 4.99. The molecule has 0 unspecified atom stereocenters. The van der Waals surface area contributed by atoms with Crippen molar-refractivity contribution in [2.45, 2.75) is 32.8 Å². The molecule has 4 heteroatoms. The Kier molecular flexibility index (Phi) is 5.79. The highest BCUT2D eigenvalue weighted by atomic mass is 16.5. The van der Waals surface area contributed by atoms with Gasteiger partial charge in [0.15, 0.2) is 0 Å². The molecular formula is C13H18N2O2. The van der Waals surface area contributed by atoms with Crippen molar-refractivity contribution in [3.05, 3.63) is 30.3 Å². The molecule has 0 aliphatic rings. The zero-order valence-electron chi connectivity index (χ0n) is 10.2. The fourth-order valence-corrected chi connectivity index (χ4v) is 1.35. The van der Waals surface area contributed by atoms with Crippen LogP contribution in [0.1, 0.15) is 26.7 Å². The van der Waals surface area contributed by atoms with Crippen LogP contribution >= 0.6 is 0 Å². The maximum Gasteiger partial charge on any atom is 0.302 e. The lowest BCUT2D eigenvalue weighted by atomic mass is 10.2. The van der Waals surface area contributed by atoms with Gasteiger partial charge < -0.3 is 4.74 Å². The summed E-state index contributed by atoms with van der Waals surface area (Å²) >= 11 is 0. The average molecular weight is 234 g/mol. The fourth-order valence-electron chi connectivity index (χ4n) is 1.35. The van der Waals surface area contributed by atoms with E-state index in [0.29, 0.717) is 0 Å². The number of ether oxygens (including phenoxy) is 1. The van der Waals surface area contributed by atoms with E-state index in [4.69, 9.17) is 4.74 Å². The molecule has 1 rings (SSSR count). The summed E-state index contributed by atoms with van der Waals surface area (Å²) in [5.74, 6) is -0.239. The number of rotatable bonds is 6. The van der Waals surface area contributed by atoms with Crippen molar-refractivity contribution in [2.75, 3.05) is 5.43 Å². The lowest BCUT2D eigenvalue weighted by Crippen LogP contribution is -2.11. The van der Waals surface area contributed by atoms with Crippen LogP contribution in [0.3, 0.4) is 0 Å². The largest absolute Gasteiger partial charge is 0.463 e. The standard InChI is InChI=1S/C13H18N2O2/c1-11(17-12(2)16)7-6-10-14-15-13-8-4-3-5-9-13/h3-5,8-11,15H,6-7H2,1-2H3/b14-10+/t11-/m0/s1. The SMILES string of the molecule is CC(=O)O[C@@H](C)CC/C=N/Nc1ccccc1. The molecule has 1 N–H and O–H groups in total. The van der Waals surface area contributed by atoms with E-state index in [1.54, 1.807) is 6.21 Å². The van der Waals surface area contributed by atoms with Gasteiger partial charge in [0.1, 0.15) is 0 Å². The number of carbonyl (C=O) groups is 1. The minimum absolute atomic E-state index is 0.0596. The van der Waals surface area contributed by atoms with Crippen molar-refractivity contribution < 1.29 is 9.53 Å². The maximum atomic E-state index is 10.7. The first-order valence-corrected chi connectivity index (χ1v) is 5.68. The molecule has 17 heavy (non-hydrogen) atoms. The third-order valence-electron chi connectivity index (χ3n) is 2.13. The Hall–Kier alpha value is -1.84. The molecule has 0 aromatic heterocycles. The molecule has 92 valence electrons. The van der Waals surface area contributed by atoms with Crippen molar-refractivity contribution in [1.82, 2.24) is 0 Å². The topological polar surface area (TPSA) is 50.7 Å². The number of nitrogens with zero attached hydrogens (tertiary/aromatic N) is 1. The number of nitrogens with one attached hydrogen (secondary N) is 1. The van der Waals surface area contributed by atoms with Crippen LogP contribution in [0.25, 0.3) is 0 Å². The van der Waals surface area contributed by atoms with Crippen molar-refractivity contribution in [3.8, 4) is 0 Å². The van der Waals surface area contributed by atoms with Crippen LogP contribution in [0.15, 0.2) is 35.4 Å². The second-order valence-corrected chi connectivity index (χ2v) is 3.79. The molecule has 0 heterocycles. The monoisotopic (exact) mass is 234 g/mol. The summed E-state index contributed by atoms with van der Waals surface area (Å²) in [5.41, 5.74) is 3.88. The van der Waals surface area contributed by atoms with Crippen molar-refractivity contribution in [3.63, 3.8) is 0 Å². The van der Waals surface area contributed by atoms with E-state index in [1.165, 1.54) is 6.92 Å². The number of hydrazone groups is 1. The molecule has 1 aromatic rings. The predicted octanol–water partition coefficient (Wildman–Crippen LogP) is 2.82. The Morgan fingerprint density at radius 3 is 2.82 bits per heavy atom. The summed E-state index contributed by atoms with van der Waals surface area (Å²) in [4.78, 5) is 10.7. The van der Waals surface area contributed by atoms with E-state index in [2.05, 4.69) is 10.5 Å². The van der Waals surface area contributed by atoms with Crippen LogP contribution < -0.4 is 5.43 Å². The van der Waals surface area contributed by atoms with E-state index < -0.39 is 0 Å². The van der Waals surface area contributed by atoms with E-state index in [-0.39, 0.29) is 12.1 Å². The first kappa shape index (κ1) is 13.2. The smallest absolute Gasteiger partial charge is 0.302 e. The number of benzene rings is 1. The van der Waals surface area contributed by atoms with Gasteiger partial charge in [-0.15, -0.1) is 0 Å². The number of carbonyl (C=O) groups excluding carboxylic acids is 1. The third-order valence-corrected chi connectivity index (χ3v) is 2.13. The minimum Gasteiger partial charge on any atom is -0.463 e. The predicted molar refractivity (Wildman–Crippen MR) is 69.0 cm³/mol. The quantitative estimate of drug-likeness (QED) is 0.468. The van der Waals surface area contributed by atoms with Gasteiger partial charge in [-0.3, -0.25) is 10.2 Å². The molecule has 0 fully saturated rings. The third kappa shape index (κ3) is 6.35. The Bertz CT molecular complexity index is 363. The van der Waals surface area contributed by atoms with Gasteiger partial charge >= 0.3 is 5.97 Å². The summed E-state index contributed by atoms with van der Waals surface area (Å²) in [5, 5.41) is 4.08. The second-order valence-electron chi connectivity index (χ2n) is 3.79. The van der Waals surface area contributed by atoms with Gasteiger partial charge in [0.2, 0.25) is 0 Å². The number of hydrogen-bond acceptors (Lipinski definition) is 4. The second kappa shape index (κ2) is 7.44. The summed E-state index contributed by atoms with van der Waals surface area (Å²) in [6.45, 7) is 3.29. The summed E-state index contributed by atoms with van der Waals surface area (Å²) in [6.07, 6.45) is 3.27. The minimum atomic E-state index is -0.239. The molecule has 0 saturated heterocycles. The highest BCUT2D eigenvalue weighted by molar-refractivity contribution is 5.66. The molecule has 0 aliphatic heterocycles. The van der Waals surface area contributed by atoms with Gasteiger partial charge in [-0.1, -0.05) is 18.2 Å². The number of hydrogen-bond donors (Lipinski definition) is 1. The Morgan fingerprint density at radius 1 is 1.47 bits per heavy atom. The normalized spacial score (nSPS) is 12.4. The highest BCUT2D eigenvalue weighted by Gasteiger charge is 2.03. The molecule has 0 saturated carbocycles. The number of para-hydroxylation sites is 1.